The number of aliphatic imine (C=N–C) groups is 1. The van der Waals surface area contributed by atoms with Crippen molar-refractivity contribution in [1.82, 2.24) is 10.6 Å². The van der Waals surface area contributed by atoms with E-state index in [1.54, 1.807) is 19.2 Å². The maximum Gasteiger partial charge on any atom is 0.191 e. The number of benzene rings is 2. The number of aryl methyl sites for hydroxylation is 1. The van der Waals surface area contributed by atoms with E-state index in [-0.39, 0.29) is 6.54 Å². The molecule has 1 aromatic heterocycles. The van der Waals surface area contributed by atoms with E-state index in [1.165, 1.54) is 6.07 Å². The van der Waals surface area contributed by atoms with Crippen LogP contribution in [0.2, 0.25) is 0 Å². The third-order valence-corrected chi connectivity index (χ3v) is 4.21. The van der Waals surface area contributed by atoms with Crippen molar-refractivity contribution in [3.05, 3.63) is 70.7 Å². The Morgan fingerprint density at radius 2 is 1.96 bits per heavy atom. The second-order valence-corrected chi connectivity index (χ2v) is 5.84. The van der Waals surface area contributed by atoms with Crippen molar-refractivity contribution in [2.45, 2.75) is 20.0 Å². The molecule has 0 unspecified atom stereocenters. The maximum atomic E-state index is 13.9. The number of rotatable bonds is 4. The molecule has 0 aliphatic rings. The number of hydrogen-bond acceptors (Lipinski definition) is 3. The van der Waals surface area contributed by atoms with Gasteiger partial charge in [-0.15, -0.1) is 0 Å². The molecule has 2 N–H and O–H groups in total. The van der Waals surface area contributed by atoms with E-state index in [0.717, 1.165) is 22.3 Å². The van der Waals surface area contributed by atoms with Gasteiger partial charge in [0.25, 0.3) is 0 Å². The fourth-order valence-electron chi connectivity index (χ4n) is 2.72. The first-order chi connectivity index (χ1) is 12.6. The van der Waals surface area contributed by atoms with Gasteiger partial charge in [0.05, 0.1) is 18.2 Å². The number of furan rings is 1. The van der Waals surface area contributed by atoms with Gasteiger partial charge in [0.2, 0.25) is 0 Å². The average Bonchev–Trinajstić information content (AvgIpc) is 2.99. The highest BCUT2D eigenvalue weighted by Crippen LogP contribution is 2.24. The van der Waals surface area contributed by atoms with Gasteiger partial charge in [-0.2, -0.15) is 5.26 Å². The standard InChI is InChI=1S/C20H19FN4O/c1-13-16-5-3-4-6-18(16)26-19(13)12-25-20(23-2)24-11-15-8-7-14(10-22)9-17(15)21/h3-9H,11-12H2,1-2H3,(H2,23,24,25). The van der Waals surface area contributed by atoms with Crippen LogP contribution in [0.15, 0.2) is 51.9 Å². The van der Waals surface area contributed by atoms with Crippen LogP contribution < -0.4 is 10.6 Å². The number of nitriles is 1. The zero-order chi connectivity index (χ0) is 18.5. The van der Waals surface area contributed by atoms with E-state index >= 15 is 0 Å². The lowest BCUT2D eigenvalue weighted by Gasteiger charge is -2.12. The minimum Gasteiger partial charge on any atom is -0.459 e. The van der Waals surface area contributed by atoms with Crippen molar-refractivity contribution in [3.63, 3.8) is 0 Å². The van der Waals surface area contributed by atoms with Crippen LogP contribution in [-0.4, -0.2) is 13.0 Å². The van der Waals surface area contributed by atoms with Crippen molar-refractivity contribution < 1.29 is 8.81 Å². The Hall–Kier alpha value is -3.33. The van der Waals surface area contributed by atoms with E-state index in [2.05, 4.69) is 15.6 Å². The summed E-state index contributed by atoms with van der Waals surface area (Å²) in [6.07, 6.45) is 0. The number of guanidine groups is 1. The summed E-state index contributed by atoms with van der Waals surface area (Å²) in [6, 6.07) is 14.2. The SMILES string of the molecule is CN=C(NCc1ccc(C#N)cc1F)NCc1oc2ccccc2c1C. The summed E-state index contributed by atoms with van der Waals surface area (Å²) in [5.74, 6) is 0.951. The van der Waals surface area contributed by atoms with E-state index in [1.807, 2.05) is 37.3 Å². The molecule has 2 aromatic carbocycles. The molecule has 0 amide bonds. The second-order valence-electron chi connectivity index (χ2n) is 5.84. The van der Waals surface area contributed by atoms with Gasteiger partial charge in [0.15, 0.2) is 5.96 Å². The van der Waals surface area contributed by atoms with Crippen molar-refractivity contribution >= 4 is 16.9 Å². The first-order valence-corrected chi connectivity index (χ1v) is 8.22. The number of halogens is 1. The molecule has 5 nitrogen and oxygen atoms in total. The van der Waals surface area contributed by atoms with Crippen LogP contribution in [0, 0.1) is 24.1 Å². The highest BCUT2D eigenvalue weighted by Gasteiger charge is 2.10. The lowest BCUT2D eigenvalue weighted by molar-refractivity contribution is 0.534. The Morgan fingerprint density at radius 3 is 2.65 bits per heavy atom. The molecule has 0 spiro atoms. The maximum absolute atomic E-state index is 13.9. The van der Waals surface area contributed by atoms with Crippen LogP contribution in [0.5, 0.6) is 0 Å². The predicted molar refractivity (Wildman–Crippen MR) is 99.1 cm³/mol. The van der Waals surface area contributed by atoms with Gasteiger partial charge in [-0.1, -0.05) is 24.3 Å². The van der Waals surface area contributed by atoms with Crippen molar-refractivity contribution in [2.24, 2.45) is 4.99 Å². The van der Waals surface area contributed by atoms with E-state index in [4.69, 9.17) is 9.68 Å². The summed E-state index contributed by atoms with van der Waals surface area (Å²) in [6.45, 7) is 2.75. The molecule has 26 heavy (non-hydrogen) atoms. The molecule has 1 heterocycles. The highest BCUT2D eigenvalue weighted by atomic mass is 19.1. The molecule has 0 saturated heterocycles. The monoisotopic (exact) mass is 350 g/mol. The predicted octanol–water partition coefficient (Wildman–Crippen LogP) is 3.62. The molecular formula is C20H19FN4O. The molecule has 0 bridgehead atoms. The first kappa shape index (κ1) is 17.5. The number of hydrogen-bond donors (Lipinski definition) is 2. The van der Waals surface area contributed by atoms with Gasteiger partial charge >= 0.3 is 0 Å². The molecule has 0 saturated carbocycles. The van der Waals surface area contributed by atoms with Gasteiger partial charge in [0.1, 0.15) is 17.2 Å². The number of para-hydroxylation sites is 1. The molecular weight excluding hydrogens is 331 g/mol. The Bertz CT molecular complexity index is 1000. The lowest BCUT2D eigenvalue weighted by Crippen LogP contribution is -2.36. The molecule has 0 fully saturated rings. The molecule has 3 rings (SSSR count). The van der Waals surface area contributed by atoms with Crippen LogP contribution >= 0.6 is 0 Å². The summed E-state index contributed by atoms with van der Waals surface area (Å²) < 4.78 is 19.8. The summed E-state index contributed by atoms with van der Waals surface area (Å²) in [5, 5.41) is 16.1. The minimum atomic E-state index is -0.417. The zero-order valence-electron chi connectivity index (χ0n) is 14.6. The average molecular weight is 350 g/mol. The Morgan fingerprint density at radius 1 is 1.19 bits per heavy atom. The molecule has 132 valence electrons. The van der Waals surface area contributed by atoms with Crippen molar-refractivity contribution in [1.29, 1.82) is 5.26 Å². The zero-order valence-corrected chi connectivity index (χ0v) is 14.6. The van der Waals surface area contributed by atoms with Gasteiger partial charge in [-0.25, -0.2) is 4.39 Å². The second kappa shape index (κ2) is 7.70. The smallest absolute Gasteiger partial charge is 0.191 e. The molecule has 3 aromatic rings. The summed E-state index contributed by atoms with van der Waals surface area (Å²) in [7, 11) is 1.65. The third-order valence-electron chi connectivity index (χ3n) is 4.21. The number of nitrogens with zero attached hydrogens (tertiary/aromatic N) is 2. The lowest BCUT2D eigenvalue weighted by atomic mass is 10.1. The van der Waals surface area contributed by atoms with Crippen LogP contribution in [0.3, 0.4) is 0 Å². The van der Waals surface area contributed by atoms with Gasteiger partial charge in [-0.05, 0) is 25.1 Å². The fourth-order valence-corrected chi connectivity index (χ4v) is 2.72. The van der Waals surface area contributed by atoms with Gasteiger partial charge < -0.3 is 15.1 Å². The van der Waals surface area contributed by atoms with E-state index < -0.39 is 5.82 Å². The van der Waals surface area contributed by atoms with Crippen LogP contribution in [-0.2, 0) is 13.1 Å². The van der Waals surface area contributed by atoms with Crippen molar-refractivity contribution in [2.75, 3.05) is 7.05 Å². The number of fused-ring (bicyclic) bond motifs is 1. The Labute approximate surface area is 151 Å². The molecule has 0 radical (unpaired) electrons. The van der Waals surface area contributed by atoms with E-state index in [9.17, 15) is 4.39 Å². The normalized spacial score (nSPS) is 11.4. The number of nitrogens with one attached hydrogen (secondary N) is 2. The van der Waals surface area contributed by atoms with Crippen LogP contribution in [0.1, 0.15) is 22.5 Å². The first-order valence-electron chi connectivity index (χ1n) is 8.22. The third kappa shape index (κ3) is 3.67. The van der Waals surface area contributed by atoms with Gasteiger partial charge in [-0.3, -0.25) is 4.99 Å². The Kier molecular flexibility index (Phi) is 5.18. The van der Waals surface area contributed by atoms with Gasteiger partial charge in [0, 0.05) is 30.1 Å². The van der Waals surface area contributed by atoms with Crippen LogP contribution in [0.25, 0.3) is 11.0 Å². The molecule has 6 heteroatoms. The summed E-state index contributed by atoms with van der Waals surface area (Å²) >= 11 is 0. The molecule has 0 aliphatic heterocycles. The van der Waals surface area contributed by atoms with Crippen molar-refractivity contribution in [3.8, 4) is 6.07 Å². The highest BCUT2D eigenvalue weighted by molar-refractivity contribution is 5.82. The Balaban J connectivity index is 1.63. The molecule has 0 atom stereocenters. The molecule has 0 aliphatic carbocycles. The largest absolute Gasteiger partial charge is 0.459 e. The minimum absolute atomic E-state index is 0.260. The summed E-state index contributed by atoms with van der Waals surface area (Å²) in [4.78, 5) is 4.14. The fraction of sp³-hybridized carbons (Fsp3) is 0.200. The summed E-state index contributed by atoms with van der Waals surface area (Å²) in [5.41, 5.74) is 2.70. The van der Waals surface area contributed by atoms with E-state index in [0.29, 0.717) is 23.6 Å². The van der Waals surface area contributed by atoms with Crippen LogP contribution in [0.4, 0.5) is 4.39 Å². The quantitative estimate of drug-likeness (QED) is 0.557. The topological polar surface area (TPSA) is 73.3 Å².